The first kappa shape index (κ1) is 22.9. The molecule has 30 heavy (non-hydrogen) atoms. The average Bonchev–Trinajstić information content (AvgIpc) is 2.82. The van der Waals surface area contributed by atoms with Crippen LogP contribution in [-0.2, 0) is 0 Å². The van der Waals surface area contributed by atoms with Crippen LogP contribution < -0.4 is 0 Å². The van der Waals surface area contributed by atoms with Gasteiger partial charge < -0.3 is 19.6 Å². The molecule has 0 bridgehead atoms. The molecule has 0 unspecified atom stereocenters. The predicted octanol–water partition coefficient (Wildman–Crippen LogP) is 3.75. The number of piperidine rings is 3. The van der Waals surface area contributed by atoms with Crippen LogP contribution in [0.2, 0.25) is 0 Å². The fourth-order valence-electron chi connectivity index (χ4n) is 5.43. The van der Waals surface area contributed by atoms with E-state index in [2.05, 4.69) is 37.4 Å². The summed E-state index contributed by atoms with van der Waals surface area (Å²) in [5.41, 5.74) is 0.270. The maximum Gasteiger partial charge on any atom is 0.300 e. The summed E-state index contributed by atoms with van der Waals surface area (Å²) in [4.78, 5) is 13.5. The lowest BCUT2D eigenvalue weighted by molar-refractivity contribution is 0.0887. The third-order valence-electron chi connectivity index (χ3n) is 7.13. The highest BCUT2D eigenvalue weighted by Gasteiger charge is 2.29. The zero-order valence-electron chi connectivity index (χ0n) is 19.0. The first-order chi connectivity index (χ1) is 14.8. The molecular weight excluding hydrogens is 372 g/mol. The van der Waals surface area contributed by atoms with Crippen molar-refractivity contribution in [3.63, 3.8) is 0 Å². The molecule has 3 heterocycles. The first-order valence-corrected chi connectivity index (χ1v) is 12.2. The Hall–Kier alpha value is -1.76. The molecule has 3 aliphatic heterocycles. The highest BCUT2D eigenvalue weighted by molar-refractivity contribution is 5.32. The van der Waals surface area contributed by atoms with E-state index in [-0.39, 0.29) is 5.70 Å². The van der Waals surface area contributed by atoms with E-state index in [0.717, 1.165) is 57.8 Å². The molecule has 0 aromatic rings. The molecule has 0 amide bonds. The normalized spacial score (nSPS) is 22.8. The van der Waals surface area contributed by atoms with Gasteiger partial charge in [0.05, 0.1) is 12.6 Å². The topological polar surface area (TPSA) is 41.1 Å². The van der Waals surface area contributed by atoms with Crippen LogP contribution in [0.25, 0.3) is 4.85 Å². The van der Waals surface area contributed by atoms with Gasteiger partial charge in [-0.2, -0.15) is 0 Å². The predicted molar refractivity (Wildman–Crippen MR) is 121 cm³/mol. The van der Waals surface area contributed by atoms with Crippen molar-refractivity contribution in [2.45, 2.75) is 70.8 Å². The fourth-order valence-corrected chi connectivity index (χ4v) is 5.43. The highest BCUT2D eigenvalue weighted by Crippen LogP contribution is 2.26. The molecule has 6 nitrogen and oxygen atoms in total. The van der Waals surface area contributed by atoms with Gasteiger partial charge in [-0.05, 0) is 84.6 Å². The molecule has 0 aromatic heterocycles. The highest BCUT2D eigenvalue weighted by atomic mass is 15.3. The summed E-state index contributed by atoms with van der Waals surface area (Å²) in [6, 6.07) is 2.88. The lowest BCUT2D eigenvalue weighted by Crippen LogP contribution is -2.48. The molecule has 0 saturated carbocycles. The Labute approximate surface area is 183 Å². The van der Waals surface area contributed by atoms with Gasteiger partial charge in [0.2, 0.25) is 0 Å². The van der Waals surface area contributed by atoms with Crippen LogP contribution >= 0.6 is 0 Å². The Balaban J connectivity index is 1.60. The molecule has 0 N–H and O–H groups in total. The summed E-state index contributed by atoms with van der Waals surface area (Å²) in [6.07, 6.45) is 11.5. The van der Waals surface area contributed by atoms with Crippen molar-refractivity contribution in [3.05, 3.63) is 22.9 Å². The zero-order valence-corrected chi connectivity index (χ0v) is 19.0. The van der Waals surface area contributed by atoms with E-state index in [4.69, 9.17) is 6.57 Å². The van der Waals surface area contributed by atoms with E-state index in [9.17, 15) is 5.26 Å². The largest absolute Gasteiger partial charge is 0.367 e. The van der Waals surface area contributed by atoms with Crippen molar-refractivity contribution < 1.29 is 0 Å². The minimum Gasteiger partial charge on any atom is -0.367 e. The lowest BCUT2D eigenvalue weighted by atomic mass is 9.99. The van der Waals surface area contributed by atoms with Crippen molar-refractivity contribution in [2.24, 2.45) is 0 Å². The fraction of sp³-hybridized carbons (Fsp3) is 0.833. The van der Waals surface area contributed by atoms with Gasteiger partial charge in [-0.1, -0.05) is 12.8 Å². The minimum absolute atomic E-state index is 0.270. The Morgan fingerprint density at radius 2 is 1.63 bits per heavy atom. The Morgan fingerprint density at radius 1 is 1.00 bits per heavy atom. The second-order valence-electron chi connectivity index (χ2n) is 9.05. The molecule has 0 aliphatic carbocycles. The third kappa shape index (κ3) is 6.13. The van der Waals surface area contributed by atoms with Crippen molar-refractivity contribution in [1.82, 2.24) is 19.6 Å². The van der Waals surface area contributed by atoms with Gasteiger partial charge in [0.25, 0.3) is 0 Å². The van der Waals surface area contributed by atoms with Gasteiger partial charge in [-0.15, -0.1) is 0 Å². The monoisotopic (exact) mass is 412 g/mol. The molecule has 0 spiro atoms. The second kappa shape index (κ2) is 12.2. The van der Waals surface area contributed by atoms with Gasteiger partial charge in [0, 0.05) is 32.2 Å². The van der Waals surface area contributed by atoms with Crippen LogP contribution in [0.5, 0.6) is 0 Å². The smallest absolute Gasteiger partial charge is 0.300 e. The van der Waals surface area contributed by atoms with Crippen molar-refractivity contribution in [1.29, 1.82) is 5.26 Å². The van der Waals surface area contributed by atoms with Crippen molar-refractivity contribution in [2.75, 3.05) is 58.9 Å². The Bertz CT molecular complexity index is 602. The van der Waals surface area contributed by atoms with Gasteiger partial charge in [0.1, 0.15) is 5.82 Å². The molecule has 0 aromatic carbocycles. The van der Waals surface area contributed by atoms with E-state index < -0.39 is 0 Å². The van der Waals surface area contributed by atoms with Gasteiger partial charge in [0.15, 0.2) is 0 Å². The van der Waals surface area contributed by atoms with Crippen LogP contribution in [-0.4, -0.2) is 84.5 Å². The Kier molecular flexibility index (Phi) is 9.30. The summed E-state index contributed by atoms with van der Waals surface area (Å²) in [6.45, 7) is 19.5. The number of allylic oxidation sites excluding steroid dienone is 1. The number of hydrogen-bond acceptors (Lipinski definition) is 5. The average molecular weight is 413 g/mol. The lowest BCUT2D eigenvalue weighted by Gasteiger charge is -2.44. The van der Waals surface area contributed by atoms with Crippen molar-refractivity contribution in [3.8, 4) is 6.07 Å². The third-order valence-corrected chi connectivity index (χ3v) is 7.13. The zero-order chi connectivity index (χ0) is 21.2. The number of likely N-dealkylation sites (tertiary alicyclic amines) is 3. The van der Waals surface area contributed by atoms with E-state index in [1.165, 1.54) is 64.7 Å². The summed E-state index contributed by atoms with van der Waals surface area (Å²) in [5.74, 6) is 0.894. The molecular formula is C24H40N6. The van der Waals surface area contributed by atoms with Crippen LogP contribution in [0.4, 0.5) is 0 Å². The molecule has 166 valence electrons. The molecule has 3 saturated heterocycles. The molecule has 3 fully saturated rings. The van der Waals surface area contributed by atoms with Crippen LogP contribution in [0, 0.1) is 17.9 Å². The van der Waals surface area contributed by atoms with E-state index in [1.807, 2.05) is 0 Å². The number of rotatable bonds is 8. The van der Waals surface area contributed by atoms with Crippen LogP contribution in [0.1, 0.15) is 64.7 Å². The van der Waals surface area contributed by atoms with Gasteiger partial charge >= 0.3 is 5.70 Å². The second-order valence-corrected chi connectivity index (χ2v) is 9.05. The molecule has 3 aliphatic rings. The van der Waals surface area contributed by atoms with Crippen LogP contribution in [0.3, 0.4) is 0 Å². The molecule has 3 rings (SSSR count). The molecule has 6 heteroatoms. The van der Waals surface area contributed by atoms with Crippen molar-refractivity contribution >= 4 is 0 Å². The first-order valence-electron chi connectivity index (χ1n) is 12.2. The summed E-state index contributed by atoms with van der Waals surface area (Å²) < 4.78 is 0. The van der Waals surface area contributed by atoms with Gasteiger partial charge in [-0.25, -0.2) is 10.1 Å². The number of nitrogens with zero attached hydrogens (tertiary/aromatic N) is 6. The summed E-state index contributed by atoms with van der Waals surface area (Å²) in [7, 11) is 0. The molecule has 0 atom stereocenters. The van der Waals surface area contributed by atoms with E-state index in [0.29, 0.717) is 6.04 Å². The minimum atomic E-state index is 0.270. The van der Waals surface area contributed by atoms with E-state index >= 15 is 0 Å². The van der Waals surface area contributed by atoms with Gasteiger partial charge in [-0.3, -0.25) is 0 Å². The Morgan fingerprint density at radius 3 is 2.20 bits per heavy atom. The number of hydrogen-bond donors (Lipinski definition) is 0. The standard InChI is InChI=1S/C24H40N6/c1-3-28(18-10-15-27-13-6-4-7-14-27)24(23(21-25)26-2)30-19-11-22(12-20-30)29-16-8-5-9-17-29/h22H,3-20H2,1H3/b24-23+. The summed E-state index contributed by atoms with van der Waals surface area (Å²) in [5, 5.41) is 9.67. The SMILES string of the molecule is [C-]#[N+]/C(C#N)=C(\N(CC)CCCN1CCCCC1)N1CCC(N2CCCCC2)CC1. The summed E-state index contributed by atoms with van der Waals surface area (Å²) >= 11 is 0. The quantitative estimate of drug-likeness (QED) is 0.449. The number of nitriles is 1. The molecule has 0 radical (unpaired) electrons. The maximum atomic E-state index is 9.67. The van der Waals surface area contributed by atoms with E-state index in [1.54, 1.807) is 0 Å². The maximum absolute atomic E-state index is 9.67. The van der Waals surface area contributed by atoms with Crippen LogP contribution in [0.15, 0.2) is 11.5 Å².